The summed E-state index contributed by atoms with van der Waals surface area (Å²) in [5.74, 6) is -0.119. The van der Waals surface area contributed by atoms with Gasteiger partial charge in [0.15, 0.2) is 0 Å². The van der Waals surface area contributed by atoms with Gasteiger partial charge in [0.05, 0.1) is 13.0 Å². The number of aliphatic hydroxyl groups is 1. The molecule has 0 saturated carbocycles. The molecule has 0 aliphatic carbocycles. The smallest absolute Gasteiger partial charge is 0.224 e. The normalized spacial score (nSPS) is 13.4. The van der Waals surface area contributed by atoms with E-state index in [4.69, 9.17) is 11.6 Å². The first kappa shape index (κ1) is 16.3. The molecule has 0 aliphatic rings. The van der Waals surface area contributed by atoms with Crippen LogP contribution in [0, 0.1) is 0 Å². The summed E-state index contributed by atoms with van der Waals surface area (Å²) in [6.45, 7) is 1.65. The summed E-state index contributed by atoms with van der Waals surface area (Å²) in [7, 11) is 0. The summed E-state index contributed by atoms with van der Waals surface area (Å²) >= 11 is 6.07. The number of rotatable bonds is 5. The zero-order valence-electron chi connectivity index (χ0n) is 12.2. The van der Waals surface area contributed by atoms with Gasteiger partial charge in [-0.2, -0.15) is 0 Å². The summed E-state index contributed by atoms with van der Waals surface area (Å²) in [6, 6.07) is 13.5. The number of aromatic hydroxyl groups is 1. The lowest BCUT2D eigenvalue weighted by molar-refractivity contribution is -0.121. The fourth-order valence-electron chi connectivity index (χ4n) is 2.18. The van der Waals surface area contributed by atoms with Crippen molar-refractivity contribution in [3.8, 4) is 5.75 Å². The van der Waals surface area contributed by atoms with Crippen molar-refractivity contribution in [1.29, 1.82) is 0 Å². The Morgan fingerprint density at radius 3 is 2.64 bits per heavy atom. The van der Waals surface area contributed by atoms with Crippen molar-refractivity contribution in [1.82, 2.24) is 5.32 Å². The van der Waals surface area contributed by atoms with Gasteiger partial charge in [0.25, 0.3) is 0 Å². The van der Waals surface area contributed by atoms with Gasteiger partial charge in [0.1, 0.15) is 11.4 Å². The third-order valence-electron chi connectivity index (χ3n) is 3.36. The SMILES string of the molecule is C[C@@](O)(CNC(=O)Cc1cccc(O)c1)c1ccccc1Cl. The zero-order valence-corrected chi connectivity index (χ0v) is 13.0. The molecule has 0 saturated heterocycles. The van der Waals surface area contributed by atoms with Gasteiger partial charge in [0, 0.05) is 10.6 Å². The summed E-state index contributed by atoms with van der Waals surface area (Å²) in [4.78, 5) is 11.9. The van der Waals surface area contributed by atoms with Crippen LogP contribution in [-0.4, -0.2) is 22.7 Å². The molecule has 3 N–H and O–H groups in total. The minimum absolute atomic E-state index is 0.0500. The third-order valence-corrected chi connectivity index (χ3v) is 3.69. The van der Waals surface area contributed by atoms with E-state index in [1.165, 1.54) is 6.07 Å². The number of nitrogens with one attached hydrogen (secondary N) is 1. The third kappa shape index (κ3) is 4.23. The van der Waals surface area contributed by atoms with Crippen molar-refractivity contribution in [2.75, 3.05) is 6.54 Å². The number of carbonyl (C=O) groups is 1. The van der Waals surface area contributed by atoms with E-state index in [2.05, 4.69) is 5.32 Å². The number of halogens is 1. The maximum absolute atomic E-state index is 11.9. The topological polar surface area (TPSA) is 69.6 Å². The van der Waals surface area contributed by atoms with Gasteiger partial charge < -0.3 is 15.5 Å². The number of carbonyl (C=O) groups excluding carboxylic acids is 1. The lowest BCUT2D eigenvalue weighted by Crippen LogP contribution is -2.39. The van der Waals surface area contributed by atoms with Gasteiger partial charge in [-0.1, -0.05) is 41.9 Å². The highest BCUT2D eigenvalue weighted by atomic mass is 35.5. The lowest BCUT2D eigenvalue weighted by atomic mass is 9.96. The highest BCUT2D eigenvalue weighted by molar-refractivity contribution is 6.31. The molecule has 22 heavy (non-hydrogen) atoms. The van der Waals surface area contributed by atoms with Crippen LogP contribution in [0.15, 0.2) is 48.5 Å². The van der Waals surface area contributed by atoms with Crippen LogP contribution in [0.2, 0.25) is 5.02 Å². The molecule has 0 fully saturated rings. The highest BCUT2D eigenvalue weighted by Crippen LogP contribution is 2.27. The molecule has 1 atom stereocenters. The molecule has 2 aromatic carbocycles. The number of benzene rings is 2. The van der Waals surface area contributed by atoms with Crippen molar-refractivity contribution in [2.24, 2.45) is 0 Å². The van der Waals surface area contributed by atoms with Gasteiger partial charge in [-0.15, -0.1) is 0 Å². The van der Waals surface area contributed by atoms with E-state index in [9.17, 15) is 15.0 Å². The van der Waals surface area contributed by atoms with Crippen LogP contribution in [0.5, 0.6) is 5.75 Å². The highest BCUT2D eigenvalue weighted by Gasteiger charge is 2.26. The van der Waals surface area contributed by atoms with E-state index in [0.29, 0.717) is 16.1 Å². The first-order valence-electron chi connectivity index (χ1n) is 6.90. The monoisotopic (exact) mass is 319 g/mol. The van der Waals surface area contributed by atoms with Crippen molar-refractivity contribution < 1.29 is 15.0 Å². The molecule has 0 radical (unpaired) electrons. The number of amides is 1. The number of hydrogen-bond acceptors (Lipinski definition) is 3. The van der Waals surface area contributed by atoms with Crippen molar-refractivity contribution in [2.45, 2.75) is 18.9 Å². The lowest BCUT2D eigenvalue weighted by Gasteiger charge is -2.25. The molecule has 0 heterocycles. The second-order valence-electron chi connectivity index (χ2n) is 5.38. The quantitative estimate of drug-likeness (QED) is 0.793. The first-order valence-corrected chi connectivity index (χ1v) is 7.28. The molecule has 0 aromatic heterocycles. The van der Waals surface area contributed by atoms with Gasteiger partial charge in [-0.05, 0) is 30.7 Å². The van der Waals surface area contributed by atoms with Crippen LogP contribution < -0.4 is 5.32 Å². The number of phenolic OH excluding ortho intramolecular Hbond substituents is 1. The van der Waals surface area contributed by atoms with Gasteiger partial charge in [-0.3, -0.25) is 4.79 Å². The van der Waals surface area contributed by atoms with E-state index in [0.717, 1.165) is 0 Å². The second kappa shape index (κ2) is 6.81. The van der Waals surface area contributed by atoms with Gasteiger partial charge in [-0.25, -0.2) is 0 Å². The van der Waals surface area contributed by atoms with Crippen LogP contribution >= 0.6 is 11.6 Å². The Morgan fingerprint density at radius 1 is 1.23 bits per heavy atom. The van der Waals surface area contributed by atoms with Crippen LogP contribution in [-0.2, 0) is 16.8 Å². The Labute approximate surface area is 134 Å². The second-order valence-corrected chi connectivity index (χ2v) is 5.78. The molecule has 2 aromatic rings. The van der Waals surface area contributed by atoms with Gasteiger partial charge >= 0.3 is 0 Å². The molecular formula is C17H18ClNO3. The molecule has 0 aliphatic heterocycles. The summed E-state index contributed by atoms with van der Waals surface area (Å²) in [5.41, 5.74) is 0.0107. The van der Waals surface area contributed by atoms with E-state index >= 15 is 0 Å². The fraction of sp³-hybridized carbons (Fsp3) is 0.235. The van der Waals surface area contributed by atoms with Crippen LogP contribution in [0.4, 0.5) is 0 Å². The molecule has 5 heteroatoms. The summed E-state index contributed by atoms with van der Waals surface area (Å²) in [6.07, 6.45) is 0.132. The molecule has 0 unspecified atom stereocenters. The minimum atomic E-state index is -1.26. The van der Waals surface area contributed by atoms with E-state index < -0.39 is 5.60 Å². The predicted octanol–water partition coefficient (Wildman–Crippen LogP) is 2.61. The van der Waals surface area contributed by atoms with E-state index in [1.807, 2.05) is 0 Å². The first-order chi connectivity index (χ1) is 10.4. The molecule has 116 valence electrons. The molecule has 0 bridgehead atoms. The minimum Gasteiger partial charge on any atom is -0.508 e. The maximum atomic E-state index is 11.9. The molecule has 4 nitrogen and oxygen atoms in total. The summed E-state index contributed by atoms with van der Waals surface area (Å²) < 4.78 is 0. The number of hydrogen-bond donors (Lipinski definition) is 3. The molecular weight excluding hydrogens is 302 g/mol. The zero-order chi connectivity index (χ0) is 16.2. The Bertz CT molecular complexity index is 670. The Hall–Kier alpha value is -2.04. The average Bonchev–Trinajstić information content (AvgIpc) is 2.45. The van der Waals surface area contributed by atoms with E-state index in [1.54, 1.807) is 49.4 Å². The predicted molar refractivity (Wildman–Crippen MR) is 85.8 cm³/mol. The van der Waals surface area contributed by atoms with Crippen molar-refractivity contribution in [3.63, 3.8) is 0 Å². The largest absolute Gasteiger partial charge is 0.508 e. The average molecular weight is 320 g/mol. The van der Waals surface area contributed by atoms with E-state index in [-0.39, 0.29) is 24.6 Å². The van der Waals surface area contributed by atoms with Crippen LogP contribution in [0.25, 0.3) is 0 Å². The molecule has 1 amide bonds. The molecule has 0 spiro atoms. The van der Waals surface area contributed by atoms with Crippen LogP contribution in [0.3, 0.4) is 0 Å². The number of phenols is 1. The van der Waals surface area contributed by atoms with Crippen molar-refractivity contribution >= 4 is 17.5 Å². The van der Waals surface area contributed by atoms with Crippen molar-refractivity contribution in [3.05, 3.63) is 64.7 Å². The Balaban J connectivity index is 1.97. The van der Waals surface area contributed by atoms with Gasteiger partial charge in [0.2, 0.25) is 5.91 Å². The Morgan fingerprint density at radius 2 is 1.95 bits per heavy atom. The molecule has 2 rings (SSSR count). The summed E-state index contributed by atoms with van der Waals surface area (Å²) in [5, 5.41) is 23.0. The Kier molecular flexibility index (Phi) is 5.06. The fourth-order valence-corrected chi connectivity index (χ4v) is 2.52. The maximum Gasteiger partial charge on any atom is 0.224 e. The standard InChI is InChI=1S/C17H18ClNO3/c1-17(22,14-7-2-3-8-15(14)18)11-19-16(21)10-12-5-4-6-13(20)9-12/h2-9,20,22H,10-11H2,1H3,(H,19,21)/t17-/m1/s1. The van der Waals surface area contributed by atoms with Crippen LogP contribution in [0.1, 0.15) is 18.1 Å².